The summed E-state index contributed by atoms with van der Waals surface area (Å²) in [6.07, 6.45) is 0. The topological polar surface area (TPSA) is 25.8 Å². The molecule has 10 rings (SSSR count). The van der Waals surface area contributed by atoms with Gasteiger partial charge in [-0.3, -0.25) is 0 Å². The predicted molar refractivity (Wildman–Crippen MR) is 219 cm³/mol. The van der Waals surface area contributed by atoms with Crippen molar-refractivity contribution < 1.29 is 0 Å². The molecule has 0 saturated heterocycles. The molecular weight excluding hydrogens is 629 g/mol. The molecule has 52 heavy (non-hydrogen) atoms. The number of hydrogen-bond donors (Lipinski definition) is 0. The molecule has 0 fully saturated rings. The first kappa shape index (κ1) is 30.0. The quantitative estimate of drug-likeness (QED) is 0.172. The molecule has 0 unspecified atom stereocenters. The zero-order chi connectivity index (χ0) is 34.4. The van der Waals surface area contributed by atoms with Gasteiger partial charge in [-0.1, -0.05) is 170 Å². The lowest BCUT2D eigenvalue weighted by Gasteiger charge is -2.14. The second-order valence-corrected chi connectivity index (χ2v) is 13.4. The Morgan fingerprint density at radius 1 is 0.250 bits per heavy atom. The lowest BCUT2D eigenvalue weighted by Crippen LogP contribution is -1.97. The molecule has 0 aliphatic rings. The van der Waals surface area contributed by atoms with Crippen molar-refractivity contribution in [2.75, 3.05) is 0 Å². The molecule has 0 aliphatic carbocycles. The molecule has 2 nitrogen and oxygen atoms in total. The zero-order valence-electron chi connectivity index (χ0n) is 28.4. The fourth-order valence-electron chi connectivity index (χ4n) is 7.51. The van der Waals surface area contributed by atoms with Crippen LogP contribution < -0.4 is 0 Å². The van der Waals surface area contributed by atoms with Crippen LogP contribution in [0.25, 0.3) is 99.2 Å². The minimum absolute atomic E-state index is 0.702. The molecule has 10 aromatic rings. The van der Waals surface area contributed by atoms with E-state index >= 15 is 0 Å². The van der Waals surface area contributed by atoms with Gasteiger partial charge in [-0.2, -0.15) is 0 Å². The number of aromatic nitrogens is 2. The van der Waals surface area contributed by atoms with Gasteiger partial charge in [0.15, 0.2) is 5.82 Å². The first-order chi connectivity index (χ1) is 25.7. The van der Waals surface area contributed by atoms with E-state index in [1.54, 1.807) is 0 Å². The minimum Gasteiger partial charge on any atom is -0.228 e. The van der Waals surface area contributed by atoms with Crippen molar-refractivity contribution in [1.29, 1.82) is 0 Å². The lowest BCUT2D eigenvalue weighted by atomic mass is 9.94. The van der Waals surface area contributed by atoms with Crippen LogP contribution >= 0.6 is 0 Å². The van der Waals surface area contributed by atoms with Crippen LogP contribution in [0.1, 0.15) is 0 Å². The average molecular weight is 661 g/mol. The summed E-state index contributed by atoms with van der Waals surface area (Å²) in [6.45, 7) is 0. The van der Waals surface area contributed by atoms with Crippen molar-refractivity contribution in [2.45, 2.75) is 0 Å². The minimum atomic E-state index is 0.702. The van der Waals surface area contributed by atoms with Gasteiger partial charge < -0.3 is 0 Å². The molecule has 0 spiro atoms. The Kier molecular flexibility index (Phi) is 7.18. The van der Waals surface area contributed by atoms with E-state index in [0.717, 1.165) is 33.6 Å². The Morgan fingerprint density at radius 3 is 1.31 bits per heavy atom. The van der Waals surface area contributed by atoms with Gasteiger partial charge >= 0.3 is 0 Å². The molecule has 242 valence electrons. The van der Waals surface area contributed by atoms with Crippen molar-refractivity contribution in [3.63, 3.8) is 0 Å². The van der Waals surface area contributed by atoms with Crippen molar-refractivity contribution >= 4 is 43.1 Å². The van der Waals surface area contributed by atoms with Crippen LogP contribution in [0.3, 0.4) is 0 Å². The van der Waals surface area contributed by atoms with Crippen LogP contribution in [-0.4, -0.2) is 9.97 Å². The highest BCUT2D eigenvalue weighted by Crippen LogP contribution is 2.37. The summed E-state index contributed by atoms with van der Waals surface area (Å²) < 4.78 is 0. The summed E-state index contributed by atoms with van der Waals surface area (Å²) >= 11 is 0. The third-order valence-corrected chi connectivity index (χ3v) is 10.3. The maximum atomic E-state index is 5.28. The van der Waals surface area contributed by atoms with Gasteiger partial charge in [-0.15, -0.1) is 0 Å². The molecule has 0 amide bonds. The monoisotopic (exact) mass is 660 g/mol. The first-order valence-electron chi connectivity index (χ1n) is 17.7. The molecule has 0 saturated carbocycles. The Hall–Kier alpha value is -6.90. The average Bonchev–Trinajstić information content (AvgIpc) is 3.23. The summed E-state index contributed by atoms with van der Waals surface area (Å²) in [5, 5.41) is 9.79. The van der Waals surface area contributed by atoms with Crippen LogP contribution in [0.2, 0.25) is 0 Å². The molecule has 0 atom stereocenters. The molecule has 9 aromatic carbocycles. The van der Waals surface area contributed by atoms with Crippen molar-refractivity contribution in [1.82, 2.24) is 9.97 Å². The molecule has 0 aliphatic heterocycles. The van der Waals surface area contributed by atoms with Crippen molar-refractivity contribution in [3.05, 3.63) is 194 Å². The van der Waals surface area contributed by atoms with E-state index in [2.05, 4.69) is 194 Å². The highest BCUT2D eigenvalue weighted by molar-refractivity contribution is 6.13. The first-order valence-corrected chi connectivity index (χ1v) is 17.7. The van der Waals surface area contributed by atoms with Crippen molar-refractivity contribution in [3.8, 4) is 56.2 Å². The Morgan fingerprint density at radius 2 is 0.692 bits per heavy atom. The zero-order valence-corrected chi connectivity index (χ0v) is 28.4. The van der Waals surface area contributed by atoms with Gasteiger partial charge in [0.25, 0.3) is 0 Å². The summed E-state index contributed by atoms with van der Waals surface area (Å²) in [5.74, 6) is 0.702. The van der Waals surface area contributed by atoms with Crippen LogP contribution in [0.5, 0.6) is 0 Å². The van der Waals surface area contributed by atoms with Gasteiger partial charge in [-0.25, -0.2) is 9.97 Å². The van der Waals surface area contributed by atoms with E-state index in [1.807, 2.05) is 0 Å². The number of nitrogens with zero attached hydrogens (tertiary/aromatic N) is 2. The Labute approximate surface area is 302 Å². The van der Waals surface area contributed by atoms with Gasteiger partial charge in [0.05, 0.1) is 11.4 Å². The standard InChI is InChI=1S/C50H32N2/c1-3-11-39-29-41(27-21-33(39)9-1)35-17-23-37(24-18-35)48-32-49(47-31-43-13-5-6-14-44(43)45-15-7-8-16-46(45)47)52-50(51-48)38-25-19-36(20-26-38)42-28-22-34-10-2-4-12-40(34)30-42/h1-32H. The van der Waals surface area contributed by atoms with Gasteiger partial charge in [0.2, 0.25) is 0 Å². The summed E-state index contributed by atoms with van der Waals surface area (Å²) in [4.78, 5) is 10.5. The van der Waals surface area contributed by atoms with Crippen LogP contribution in [0, 0.1) is 0 Å². The third kappa shape index (κ3) is 5.39. The highest BCUT2D eigenvalue weighted by atomic mass is 14.9. The molecule has 1 aromatic heterocycles. The molecule has 0 bridgehead atoms. The summed E-state index contributed by atoms with van der Waals surface area (Å²) in [7, 11) is 0. The number of fused-ring (bicyclic) bond motifs is 5. The molecule has 0 radical (unpaired) electrons. The predicted octanol–water partition coefficient (Wildman–Crippen LogP) is 13.4. The van der Waals surface area contributed by atoms with Crippen LogP contribution in [0.4, 0.5) is 0 Å². The number of benzene rings is 9. The second kappa shape index (κ2) is 12.5. The van der Waals surface area contributed by atoms with Crippen LogP contribution in [-0.2, 0) is 0 Å². The Bertz CT molecular complexity index is 2800. The maximum absolute atomic E-state index is 5.28. The van der Waals surface area contributed by atoms with E-state index in [-0.39, 0.29) is 0 Å². The molecule has 0 N–H and O–H groups in total. The van der Waals surface area contributed by atoms with Gasteiger partial charge in [0, 0.05) is 16.7 Å². The number of hydrogen-bond acceptors (Lipinski definition) is 2. The number of rotatable bonds is 5. The summed E-state index contributed by atoms with van der Waals surface area (Å²) in [5.41, 5.74) is 9.64. The summed E-state index contributed by atoms with van der Waals surface area (Å²) in [6, 6.07) is 69.4. The molecule has 2 heteroatoms. The SMILES string of the molecule is c1ccc2cc(-c3ccc(-c4cc(-c5cc6ccccc6c6ccccc56)nc(-c5ccc(-c6ccc7ccccc7c6)cc5)n4)cc3)ccc2c1. The lowest BCUT2D eigenvalue weighted by molar-refractivity contribution is 1.19. The van der Waals surface area contributed by atoms with Gasteiger partial charge in [-0.05, 0) is 89.6 Å². The fourth-order valence-corrected chi connectivity index (χ4v) is 7.51. The molecule has 1 heterocycles. The second-order valence-electron chi connectivity index (χ2n) is 13.4. The largest absolute Gasteiger partial charge is 0.228 e. The molecular formula is C50H32N2. The smallest absolute Gasteiger partial charge is 0.160 e. The van der Waals surface area contributed by atoms with Crippen LogP contribution in [0.15, 0.2) is 194 Å². The highest BCUT2D eigenvalue weighted by Gasteiger charge is 2.15. The van der Waals surface area contributed by atoms with E-state index in [0.29, 0.717) is 5.82 Å². The fraction of sp³-hybridized carbons (Fsp3) is 0. The maximum Gasteiger partial charge on any atom is 0.160 e. The Balaban J connectivity index is 1.10. The van der Waals surface area contributed by atoms with Gasteiger partial charge in [0.1, 0.15) is 0 Å². The van der Waals surface area contributed by atoms with Crippen molar-refractivity contribution in [2.24, 2.45) is 0 Å². The van der Waals surface area contributed by atoms with E-state index < -0.39 is 0 Å². The third-order valence-electron chi connectivity index (χ3n) is 10.3. The van der Waals surface area contributed by atoms with E-state index in [4.69, 9.17) is 9.97 Å². The normalized spacial score (nSPS) is 11.5. The van der Waals surface area contributed by atoms with E-state index in [9.17, 15) is 0 Å². The van der Waals surface area contributed by atoms with E-state index in [1.165, 1.54) is 59.8 Å².